The smallest absolute Gasteiger partial charge is 0.249 e. The van der Waals surface area contributed by atoms with Crippen molar-refractivity contribution in [3.8, 4) is 0 Å². The number of nitrogens with zero attached hydrogens (tertiary/aromatic N) is 1. The monoisotopic (exact) mass is 284 g/mol. The van der Waals surface area contributed by atoms with Crippen LogP contribution in [0.4, 0.5) is 5.69 Å². The maximum Gasteiger partial charge on any atom is 0.249 e. The lowest BCUT2D eigenvalue weighted by Crippen LogP contribution is -2.27. The number of hydrogen-bond acceptors (Lipinski definition) is 2. The van der Waals surface area contributed by atoms with E-state index in [9.17, 15) is 4.79 Å². The van der Waals surface area contributed by atoms with Crippen LogP contribution < -0.4 is 5.32 Å². The van der Waals surface area contributed by atoms with Crippen LogP contribution >= 0.6 is 0 Å². The first-order valence-electron chi connectivity index (χ1n) is 8.13. The molecule has 1 aliphatic heterocycles. The number of aliphatic imine (C=N–C) groups is 1. The molecular weight excluding hydrogens is 260 g/mol. The lowest BCUT2D eigenvalue weighted by molar-refractivity contribution is -0.117. The van der Waals surface area contributed by atoms with Gasteiger partial charge in [-0.25, -0.2) is 0 Å². The minimum atomic E-state index is -0.243. The second kappa shape index (κ2) is 6.00. The Morgan fingerprint density at radius 3 is 2.67 bits per heavy atom. The second-order valence-corrected chi connectivity index (χ2v) is 6.68. The van der Waals surface area contributed by atoms with Crippen molar-refractivity contribution in [1.82, 2.24) is 0 Å². The molecule has 3 heteroatoms. The summed E-state index contributed by atoms with van der Waals surface area (Å²) in [5.74, 6) is 1.04. The van der Waals surface area contributed by atoms with Gasteiger partial charge in [0.25, 0.3) is 0 Å². The van der Waals surface area contributed by atoms with E-state index in [2.05, 4.69) is 25.2 Å². The third kappa shape index (κ3) is 3.02. The highest BCUT2D eigenvalue weighted by Crippen LogP contribution is 2.33. The predicted octanol–water partition coefficient (Wildman–Crippen LogP) is 4.03. The van der Waals surface area contributed by atoms with Crippen molar-refractivity contribution in [3.05, 3.63) is 29.8 Å². The van der Waals surface area contributed by atoms with E-state index >= 15 is 0 Å². The zero-order valence-corrected chi connectivity index (χ0v) is 12.9. The Kier molecular flexibility index (Phi) is 4.09. The van der Waals surface area contributed by atoms with E-state index in [-0.39, 0.29) is 11.9 Å². The highest BCUT2D eigenvalue weighted by molar-refractivity contribution is 6.12. The number of carbonyl (C=O) groups excluding carboxylic acids is 1. The molecule has 1 unspecified atom stereocenters. The van der Waals surface area contributed by atoms with Gasteiger partial charge in [0.15, 0.2) is 0 Å². The Labute approximate surface area is 126 Å². The zero-order chi connectivity index (χ0) is 14.8. The minimum absolute atomic E-state index is 0.0455. The molecule has 3 nitrogen and oxygen atoms in total. The number of nitrogens with one attached hydrogen (secondary N) is 1. The van der Waals surface area contributed by atoms with Gasteiger partial charge in [0.2, 0.25) is 5.91 Å². The standard InChI is InChI=1S/C18H24N2O/c1-12(2)11-16-18(21)20-15-10-6-5-9-14(15)17(19-16)13-7-3-4-8-13/h5-6,9-10,12-13,16H,3-4,7-8,11H2,1-2H3,(H,20,21). The Morgan fingerprint density at radius 1 is 1.24 bits per heavy atom. The Balaban J connectivity index is 2.02. The summed E-state index contributed by atoms with van der Waals surface area (Å²) in [5, 5.41) is 3.08. The summed E-state index contributed by atoms with van der Waals surface area (Å²) in [6, 6.07) is 7.87. The van der Waals surface area contributed by atoms with E-state index in [4.69, 9.17) is 4.99 Å². The summed E-state index contributed by atoms with van der Waals surface area (Å²) in [6.45, 7) is 4.30. The molecule has 1 aliphatic carbocycles. The molecule has 2 aliphatic rings. The molecule has 0 bridgehead atoms. The molecule has 0 saturated heterocycles. The molecule has 1 heterocycles. The lowest BCUT2D eigenvalue weighted by Gasteiger charge is -2.16. The third-order valence-corrected chi connectivity index (χ3v) is 4.49. The molecule has 112 valence electrons. The normalized spacial score (nSPS) is 22.7. The first-order chi connectivity index (χ1) is 10.1. The summed E-state index contributed by atoms with van der Waals surface area (Å²) >= 11 is 0. The number of anilines is 1. The number of rotatable bonds is 3. The number of benzene rings is 1. The van der Waals surface area contributed by atoms with Crippen LogP contribution in [0.5, 0.6) is 0 Å². The van der Waals surface area contributed by atoms with Gasteiger partial charge in [-0.1, -0.05) is 44.9 Å². The molecule has 1 aromatic rings. The highest BCUT2D eigenvalue weighted by atomic mass is 16.2. The van der Waals surface area contributed by atoms with Crippen molar-refractivity contribution in [2.24, 2.45) is 16.8 Å². The fourth-order valence-electron chi connectivity index (χ4n) is 3.46. The summed E-state index contributed by atoms with van der Waals surface area (Å²) in [5.41, 5.74) is 3.22. The van der Waals surface area contributed by atoms with Crippen molar-refractivity contribution >= 4 is 17.3 Å². The first kappa shape index (κ1) is 14.3. The van der Waals surface area contributed by atoms with Crippen LogP contribution in [0.15, 0.2) is 29.3 Å². The van der Waals surface area contributed by atoms with Crippen LogP contribution in [0.25, 0.3) is 0 Å². The molecule has 1 saturated carbocycles. The van der Waals surface area contributed by atoms with E-state index in [1.165, 1.54) is 25.7 Å². The molecule has 21 heavy (non-hydrogen) atoms. The SMILES string of the molecule is CC(C)CC1N=C(C2CCCC2)c2ccccc2NC1=O. The number of carbonyl (C=O) groups is 1. The van der Waals surface area contributed by atoms with Crippen LogP contribution in [0.2, 0.25) is 0 Å². The Morgan fingerprint density at radius 2 is 1.95 bits per heavy atom. The van der Waals surface area contributed by atoms with Gasteiger partial charge in [0.1, 0.15) is 6.04 Å². The van der Waals surface area contributed by atoms with Gasteiger partial charge >= 0.3 is 0 Å². The summed E-state index contributed by atoms with van der Waals surface area (Å²) < 4.78 is 0. The molecule has 0 radical (unpaired) electrons. The van der Waals surface area contributed by atoms with E-state index in [1.807, 2.05) is 18.2 Å². The summed E-state index contributed by atoms with van der Waals surface area (Å²) in [7, 11) is 0. The van der Waals surface area contributed by atoms with E-state index in [0.29, 0.717) is 11.8 Å². The molecule has 1 atom stereocenters. The number of benzodiazepines with no additional fused rings is 1. The van der Waals surface area contributed by atoms with Crippen molar-refractivity contribution < 1.29 is 4.79 Å². The molecule has 1 aromatic carbocycles. The third-order valence-electron chi connectivity index (χ3n) is 4.49. The Bertz CT molecular complexity index is 556. The first-order valence-corrected chi connectivity index (χ1v) is 8.13. The fourth-order valence-corrected chi connectivity index (χ4v) is 3.46. The van der Waals surface area contributed by atoms with Crippen LogP contribution in [0.3, 0.4) is 0 Å². The van der Waals surface area contributed by atoms with Crippen LogP contribution in [-0.2, 0) is 4.79 Å². The van der Waals surface area contributed by atoms with E-state index in [0.717, 1.165) is 23.4 Å². The van der Waals surface area contributed by atoms with Gasteiger partial charge in [0.05, 0.1) is 0 Å². The lowest BCUT2D eigenvalue weighted by atomic mass is 9.94. The fraction of sp³-hybridized carbons (Fsp3) is 0.556. The molecule has 0 aromatic heterocycles. The predicted molar refractivity (Wildman–Crippen MR) is 86.8 cm³/mol. The van der Waals surface area contributed by atoms with Crippen LogP contribution in [0, 0.1) is 11.8 Å². The number of amides is 1. The van der Waals surface area contributed by atoms with E-state index < -0.39 is 0 Å². The van der Waals surface area contributed by atoms with Gasteiger partial charge in [-0.2, -0.15) is 0 Å². The van der Waals surface area contributed by atoms with Gasteiger partial charge in [-0.05, 0) is 31.2 Å². The highest BCUT2D eigenvalue weighted by Gasteiger charge is 2.30. The van der Waals surface area contributed by atoms with Crippen LogP contribution in [-0.4, -0.2) is 17.7 Å². The second-order valence-electron chi connectivity index (χ2n) is 6.68. The number of fused-ring (bicyclic) bond motifs is 1. The topological polar surface area (TPSA) is 41.5 Å². The van der Waals surface area contributed by atoms with Crippen molar-refractivity contribution in [2.75, 3.05) is 5.32 Å². The van der Waals surface area contributed by atoms with Crippen molar-refractivity contribution in [1.29, 1.82) is 0 Å². The largest absolute Gasteiger partial charge is 0.324 e. The number of para-hydroxylation sites is 1. The summed E-state index contributed by atoms with van der Waals surface area (Å²) in [4.78, 5) is 17.4. The van der Waals surface area contributed by atoms with Crippen molar-refractivity contribution in [2.45, 2.75) is 52.0 Å². The molecular formula is C18H24N2O. The molecule has 3 rings (SSSR count). The summed E-state index contributed by atoms with van der Waals surface area (Å²) in [6.07, 6.45) is 5.78. The average Bonchev–Trinajstić information content (AvgIpc) is 2.93. The van der Waals surface area contributed by atoms with Crippen molar-refractivity contribution in [3.63, 3.8) is 0 Å². The quantitative estimate of drug-likeness (QED) is 0.894. The molecule has 1 fully saturated rings. The van der Waals surface area contributed by atoms with Gasteiger partial charge in [-0.3, -0.25) is 9.79 Å². The Hall–Kier alpha value is -1.64. The van der Waals surface area contributed by atoms with Gasteiger partial charge < -0.3 is 5.32 Å². The van der Waals surface area contributed by atoms with Gasteiger partial charge in [-0.15, -0.1) is 0 Å². The maximum absolute atomic E-state index is 12.5. The molecule has 1 amide bonds. The zero-order valence-electron chi connectivity index (χ0n) is 12.9. The van der Waals surface area contributed by atoms with Crippen LogP contribution in [0.1, 0.15) is 51.5 Å². The van der Waals surface area contributed by atoms with Gasteiger partial charge in [0, 0.05) is 22.9 Å². The maximum atomic E-state index is 12.5. The molecule has 0 spiro atoms. The van der Waals surface area contributed by atoms with E-state index in [1.54, 1.807) is 0 Å². The number of hydrogen-bond donors (Lipinski definition) is 1. The molecule has 1 N–H and O–H groups in total. The average molecular weight is 284 g/mol. The minimum Gasteiger partial charge on any atom is -0.324 e.